The van der Waals surface area contributed by atoms with Crippen LogP contribution in [0.4, 0.5) is 0 Å². The van der Waals surface area contributed by atoms with E-state index in [1.807, 2.05) is 10.6 Å². The maximum atomic E-state index is 6.34. The van der Waals surface area contributed by atoms with Gasteiger partial charge < -0.3 is 14.2 Å². The number of fused-ring (bicyclic) bond motifs is 1. The molecule has 0 bridgehead atoms. The summed E-state index contributed by atoms with van der Waals surface area (Å²) in [7, 11) is 1.62. The first kappa shape index (κ1) is 15.0. The van der Waals surface area contributed by atoms with E-state index in [0.29, 0.717) is 16.3 Å². The SMILES string of the molecule is COCO[C@H]1CCC[C@]12C=C[C@H](n1cnc3c(Cl)ncnc31)O2. The van der Waals surface area contributed by atoms with Crippen molar-refractivity contribution in [3.63, 3.8) is 0 Å². The number of hydrogen-bond donors (Lipinski definition) is 0. The molecule has 1 spiro atoms. The molecule has 4 rings (SSSR count). The Morgan fingerprint density at radius 2 is 2.35 bits per heavy atom. The van der Waals surface area contributed by atoms with Crippen molar-refractivity contribution >= 4 is 22.8 Å². The van der Waals surface area contributed by atoms with E-state index in [0.717, 1.165) is 19.3 Å². The van der Waals surface area contributed by atoms with Gasteiger partial charge in [-0.3, -0.25) is 4.57 Å². The van der Waals surface area contributed by atoms with Gasteiger partial charge in [-0.25, -0.2) is 15.0 Å². The molecule has 1 fully saturated rings. The maximum absolute atomic E-state index is 6.34. The number of rotatable bonds is 4. The molecule has 1 saturated carbocycles. The van der Waals surface area contributed by atoms with Gasteiger partial charge in [0.25, 0.3) is 0 Å². The van der Waals surface area contributed by atoms with Crippen LogP contribution in [-0.2, 0) is 14.2 Å². The quantitative estimate of drug-likeness (QED) is 0.485. The molecule has 8 heteroatoms. The second-order valence-electron chi connectivity index (χ2n) is 5.77. The van der Waals surface area contributed by atoms with Crippen molar-refractivity contribution in [1.82, 2.24) is 19.5 Å². The zero-order valence-electron chi connectivity index (χ0n) is 12.7. The van der Waals surface area contributed by atoms with E-state index in [4.69, 9.17) is 25.8 Å². The largest absolute Gasteiger partial charge is 0.359 e. The van der Waals surface area contributed by atoms with Crippen LogP contribution in [0.5, 0.6) is 0 Å². The normalized spacial score (nSPS) is 30.0. The van der Waals surface area contributed by atoms with Gasteiger partial charge in [0.1, 0.15) is 24.2 Å². The summed E-state index contributed by atoms with van der Waals surface area (Å²) in [5.41, 5.74) is 0.825. The second-order valence-corrected chi connectivity index (χ2v) is 6.12. The summed E-state index contributed by atoms with van der Waals surface area (Å²) in [5.74, 6) is 0. The maximum Gasteiger partial charge on any atom is 0.167 e. The Kier molecular flexibility index (Phi) is 3.81. The van der Waals surface area contributed by atoms with Crippen LogP contribution in [0.3, 0.4) is 0 Å². The fraction of sp³-hybridized carbons (Fsp3) is 0.533. The number of imidazole rings is 1. The third-order valence-corrected chi connectivity index (χ3v) is 4.71. The van der Waals surface area contributed by atoms with Crippen LogP contribution < -0.4 is 0 Å². The standard InChI is InChI=1S/C15H17ClN4O3/c1-21-9-22-10-3-2-5-15(10)6-4-11(23-15)20-8-19-12-13(16)17-7-18-14(12)20/h4,6-8,10-11H,2-3,5,9H2,1H3/t10-,11+,15-/m0/s1. The number of nitrogens with zero attached hydrogens (tertiary/aromatic N) is 4. The lowest BCUT2D eigenvalue weighted by molar-refractivity contribution is -0.158. The van der Waals surface area contributed by atoms with E-state index in [1.165, 1.54) is 6.33 Å². The number of halogens is 1. The van der Waals surface area contributed by atoms with Crippen LogP contribution in [0, 0.1) is 0 Å². The van der Waals surface area contributed by atoms with Gasteiger partial charge >= 0.3 is 0 Å². The molecule has 23 heavy (non-hydrogen) atoms. The Morgan fingerprint density at radius 1 is 1.43 bits per heavy atom. The second kappa shape index (κ2) is 5.83. The fourth-order valence-corrected chi connectivity index (χ4v) is 3.55. The molecule has 3 atom stereocenters. The van der Waals surface area contributed by atoms with E-state index in [2.05, 4.69) is 21.0 Å². The summed E-state index contributed by atoms with van der Waals surface area (Å²) < 4.78 is 19.0. The van der Waals surface area contributed by atoms with E-state index >= 15 is 0 Å². The molecule has 2 aliphatic rings. The minimum atomic E-state index is -0.406. The summed E-state index contributed by atoms with van der Waals surface area (Å²) in [6.45, 7) is 0.269. The van der Waals surface area contributed by atoms with Crippen molar-refractivity contribution in [2.45, 2.75) is 37.2 Å². The van der Waals surface area contributed by atoms with Gasteiger partial charge in [-0.2, -0.15) is 0 Å². The van der Waals surface area contributed by atoms with E-state index in [-0.39, 0.29) is 19.1 Å². The smallest absolute Gasteiger partial charge is 0.167 e. The Balaban J connectivity index is 1.60. The predicted octanol–water partition coefficient (Wildman–Crippen LogP) is 2.48. The number of ether oxygens (including phenoxy) is 3. The van der Waals surface area contributed by atoms with Crippen molar-refractivity contribution in [2.24, 2.45) is 0 Å². The van der Waals surface area contributed by atoms with Gasteiger partial charge in [0.15, 0.2) is 17.0 Å². The molecule has 1 aliphatic heterocycles. The summed E-state index contributed by atoms with van der Waals surface area (Å²) >= 11 is 6.06. The van der Waals surface area contributed by atoms with Crippen molar-refractivity contribution in [1.29, 1.82) is 0 Å². The Morgan fingerprint density at radius 3 is 3.22 bits per heavy atom. The first-order valence-electron chi connectivity index (χ1n) is 7.54. The van der Waals surface area contributed by atoms with Gasteiger partial charge in [-0.05, 0) is 31.4 Å². The van der Waals surface area contributed by atoms with Crippen molar-refractivity contribution in [3.05, 3.63) is 30.0 Å². The molecule has 122 valence electrons. The average molecular weight is 337 g/mol. The highest BCUT2D eigenvalue weighted by Crippen LogP contribution is 2.44. The first-order valence-corrected chi connectivity index (χ1v) is 7.92. The molecule has 2 aromatic heterocycles. The number of hydrogen-bond acceptors (Lipinski definition) is 6. The zero-order valence-corrected chi connectivity index (χ0v) is 13.4. The van der Waals surface area contributed by atoms with E-state index in [1.54, 1.807) is 13.4 Å². The Hall–Kier alpha value is -1.54. The lowest BCUT2D eigenvalue weighted by Crippen LogP contribution is -2.39. The van der Waals surface area contributed by atoms with Crippen LogP contribution in [0.25, 0.3) is 11.2 Å². The molecule has 2 aromatic rings. The third-order valence-electron chi connectivity index (χ3n) is 4.44. The van der Waals surface area contributed by atoms with E-state index < -0.39 is 5.60 Å². The summed E-state index contributed by atoms with van der Waals surface area (Å²) in [5, 5.41) is 0.340. The van der Waals surface area contributed by atoms with Crippen LogP contribution in [-0.4, -0.2) is 45.1 Å². The molecule has 0 aromatic carbocycles. The molecular formula is C15H17ClN4O3. The van der Waals surface area contributed by atoms with Gasteiger partial charge in [0, 0.05) is 7.11 Å². The van der Waals surface area contributed by atoms with Crippen LogP contribution in [0.15, 0.2) is 24.8 Å². The summed E-state index contributed by atoms with van der Waals surface area (Å²) in [4.78, 5) is 12.5. The molecular weight excluding hydrogens is 320 g/mol. The number of methoxy groups -OCH3 is 1. The monoisotopic (exact) mass is 336 g/mol. The number of aromatic nitrogens is 4. The van der Waals surface area contributed by atoms with Gasteiger partial charge in [0.05, 0.1) is 12.4 Å². The lowest BCUT2D eigenvalue weighted by atomic mass is 10.0. The molecule has 0 N–H and O–H groups in total. The topological polar surface area (TPSA) is 71.3 Å². The molecule has 0 unspecified atom stereocenters. The summed E-state index contributed by atoms with van der Waals surface area (Å²) in [6, 6.07) is 0. The summed E-state index contributed by atoms with van der Waals surface area (Å²) in [6.07, 6.45) is 9.89. The van der Waals surface area contributed by atoms with Gasteiger partial charge in [0.2, 0.25) is 0 Å². The highest BCUT2D eigenvalue weighted by Gasteiger charge is 2.47. The van der Waals surface area contributed by atoms with Crippen LogP contribution in [0.1, 0.15) is 25.5 Å². The highest BCUT2D eigenvalue weighted by atomic mass is 35.5. The first-order chi connectivity index (χ1) is 11.2. The highest BCUT2D eigenvalue weighted by molar-refractivity contribution is 6.33. The van der Waals surface area contributed by atoms with Gasteiger partial charge in [-0.1, -0.05) is 11.6 Å². The molecule has 0 amide bonds. The zero-order chi connectivity index (χ0) is 15.9. The Bertz CT molecular complexity index is 749. The van der Waals surface area contributed by atoms with E-state index in [9.17, 15) is 0 Å². The minimum Gasteiger partial charge on any atom is -0.359 e. The fourth-order valence-electron chi connectivity index (χ4n) is 3.38. The van der Waals surface area contributed by atoms with Crippen LogP contribution in [0.2, 0.25) is 5.15 Å². The third kappa shape index (κ3) is 2.44. The lowest BCUT2D eigenvalue weighted by Gasteiger charge is -2.30. The van der Waals surface area contributed by atoms with Crippen molar-refractivity contribution < 1.29 is 14.2 Å². The predicted molar refractivity (Wildman–Crippen MR) is 82.9 cm³/mol. The Labute approximate surface area is 138 Å². The minimum absolute atomic E-state index is 0.00306. The molecule has 0 saturated heterocycles. The molecule has 3 heterocycles. The van der Waals surface area contributed by atoms with Crippen molar-refractivity contribution in [3.8, 4) is 0 Å². The average Bonchev–Trinajstić information content (AvgIpc) is 3.25. The molecule has 7 nitrogen and oxygen atoms in total. The van der Waals surface area contributed by atoms with Crippen LogP contribution >= 0.6 is 11.6 Å². The van der Waals surface area contributed by atoms with Crippen molar-refractivity contribution in [2.75, 3.05) is 13.9 Å². The molecule has 1 aliphatic carbocycles. The molecule has 0 radical (unpaired) electrons. The van der Waals surface area contributed by atoms with Gasteiger partial charge in [-0.15, -0.1) is 0 Å².